The van der Waals surface area contributed by atoms with Gasteiger partial charge in [0.2, 0.25) is 0 Å². The van der Waals surface area contributed by atoms with Crippen LogP contribution in [0, 0.1) is 0 Å². The molecule has 0 saturated heterocycles. The third-order valence-corrected chi connectivity index (χ3v) is 5.00. The van der Waals surface area contributed by atoms with Gasteiger partial charge in [0, 0.05) is 36.8 Å². The molecule has 3 atom stereocenters. The number of hydrogen-bond donors (Lipinski definition) is 0. The summed E-state index contributed by atoms with van der Waals surface area (Å²) in [6.07, 6.45) is 3.67. The summed E-state index contributed by atoms with van der Waals surface area (Å²) in [6, 6.07) is 4.45. The quantitative estimate of drug-likeness (QED) is 0.745. The van der Waals surface area contributed by atoms with E-state index in [1.54, 1.807) is 6.20 Å². The third kappa shape index (κ3) is 1.49. The van der Waals surface area contributed by atoms with E-state index in [2.05, 4.69) is 64.8 Å². The predicted octanol–water partition coefficient (Wildman–Crippen LogP) is 2.86. The van der Waals surface area contributed by atoms with E-state index in [9.17, 15) is 0 Å². The number of fused-ring (bicyclic) bond motifs is 2. The zero-order valence-electron chi connectivity index (χ0n) is 12.8. The molecule has 0 amide bonds. The molecule has 3 heterocycles. The highest BCUT2D eigenvalue weighted by Gasteiger charge is 2.40. The zero-order chi connectivity index (χ0) is 14.7. The Balaban J connectivity index is 1.96. The molecule has 0 aromatic carbocycles. The van der Waals surface area contributed by atoms with Crippen LogP contribution in [-0.2, 0) is 0 Å². The van der Waals surface area contributed by atoms with Gasteiger partial charge in [-0.15, -0.1) is 0 Å². The van der Waals surface area contributed by atoms with E-state index in [4.69, 9.17) is 0 Å². The summed E-state index contributed by atoms with van der Waals surface area (Å²) in [7, 11) is 2.14. The highest BCUT2D eigenvalue weighted by Crippen LogP contribution is 2.49. The molecule has 5 nitrogen and oxygen atoms in total. The molecule has 0 spiro atoms. The number of rotatable bonds is 0. The smallest absolute Gasteiger partial charge is 0.131 e. The number of nitrogens with zero attached hydrogens (tertiary/aromatic N) is 5. The van der Waals surface area contributed by atoms with Crippen molar-refractivity contribution < 1.29 is 0 Å². The average molecular weight is 281 g/mol. The summed E-state index contributed by atoms with van der Waals surface area (Å²) in [4.78, 5) is 2.28. The van der Waals surface area contributed by atoms with Crippen molar-refractivity contribution in [1.82, 2.24) is 20.0 Å². The van der Waals surface area contributed by atoms with Gasteiger partial charge in [0.15, 0.2) is 0 Å². The van der Waals surface area contributed by atoms with Crippen LogP contribution in [0.3, 0.4) is 0 Å². The molecule has 0 bridgehead atoms. The highest BCUT2D eigenvalue weighted by molar-refractivity contribution is 5.58. The lowest BCUT2D eigenvalue weighted by Crippen LogP contribution is -2.37. The second kappa shape index (κ2) is 4.16. The van der Waals surface area contributed by atoms with Gasteiger partial charge in [-0.05, 0) is 24.1 Å². The number of allylic oxidation sites excluding steroid dienone is 2. The number of aromatic nitrogens is 4. The largest absolute Gasteiger partial charge is 0.333 e. The van der Waals surface area contributed by atoms with Crippen LogP contribution >= 0.6 is 0 Å². The first-order chi connectivity index (χ1) is 10.1. The molecule has 0 N–H and O–H groups in total. The fourth-order valence-electron chi connectivity index (χ4n) is 4.01. The van der Waals surface area contributed by atoms with Crippen LogP contribution in [-0.4, -0.2) is 27.0 Å². The molecule has 3 unspecified atom stereocenters. The van der Waals surface area contributed by atoms with Gasteiger partial charge in [-0.3, -0.25) is 0 Å². The van der Waals surface area contributed by atoms with E-state index in [0.717, 1.165) is 11.5 Å². The van der Waals surface area contributed by atoms with E-state index in [-0.39, 0.29) is 12.0 Å². The van der Waals surface area contributed by atoms with Gasteiger partial charge in [-0.1, -0.05) is 13.8 Å². The molecule has 2 aromatic heterocycles. The number of anilines is 1. The minimum atomic E-state index is 0.258. The Labute approximate surface area is 124 Å². The first-order valence-electron chi connectivity index (χ1n) is 7.44. The van der Waals surface area contributed by atoms with Crippen molar-refractivity contribution in [2.45, 2.75) is 38.6 Å². The molecule has 1 aliphatic heterocycles. The minimum Gasteiger partial charge on any atom is -0.333 e. The molecule has 5 heteroatoms. The molecular weight excluding hydrogens is 262 g/mol. The zero-order valence-corrected chi connectivity index (χ0v) is 12.8. The number of hydrogen-bond acceptors (Lipinski definition) is 4. The van der Waals surface area contributed by atoms with Gasteiger partial charge in [0.05, 0.1) is 17.9 Å². The summed E-state index contributed by atoms with van der Waals surface area (Å²) in [5.41, 5.74) is 5.21. The summed E-state index contributed by atoms with van der Waals surface area (Å²) in [5, 5.41) is 13.0. The van der Waals surface area contributed by atoms with Crippen LogP contribution in [0.5, 0.6) is 0 Å². The van der Waals surface area contributed by atoms with E-state index in [1.165, 1.54) is 16.8 Å². The molecule has 0 saturated carbocycles. The molecule has 2 aromatic rings. The maximum Gasteiger partial charge on any atom is 0.131 e. The molecule has 0 radical (unpaired) electrons. The SMILES string of the molecule is CC1C2=C(C(C)c3nnccc31)C(C)n1nccc1N2C. The monoisotopic (exact) mass is 281 g/mol. The van der Waals surface area contributed by atoms with E-state index >= 15 is 0 Å². The fraction of sp³-hybridized carbons (Fsp3) is 0.438. The van der Waals surface area contributed by atoms with Crippen LogP contribution < -0.4 is 4.90 Å². The van der Waals surface area contributed by atoms with Crippen molar-refractivity contribution in [2.75, 3.05) is 11.9 Å². The van der Waals surface area contributed by atoms with Crippen molar-refractivity contribution in [3.63, 3.8) is 0 Å². The van der Waals surface area contributed by atoms with Crippen molar-refractivity contribution in [3.8, 4) is 0 Å². The Bertz CT molecular complexity index is 685. The topological polar surface area (TPSA) is 46.8 Å². The van der Waals surface area contributed by atoms with Gasteiger partial charge < -0.3 is 4.90 Å². The number of likely N-dealkylation sites (N-methyl/N-ethyl adjacent to an activating group) is 1. The second-order valence-electron chi connectivity index (χ2n) is 6.02. The van der Waals surface area contributed by atoms with Crippen LogP contribution in [0.1, 0.15) is 49.9 Å². The normalized spacial score (nSPS) is 27.2. The van der Waals surface area contributed by atoms with Crippen LogP contribution in [0.25, 0.3) is 0 Å². The summed E-state index contributed by atoms with van der Waals surface area (Å²) in [5.74, 6) is 1.76. The Hall–Kier alpha value is -2.17. The molecule has 108 valence electrons. The Morgan fingerprint density at radius 1 is 1.05 bits per heavy atom. The van der Waals surface area contributed by atoms with Crippen molar-refractivity contribution in [1.29, 1.82) is 0 Å². The first kappa shape index (κ1) is 12.6. The van der Waals surface area contributed by atoms with E-state index in [1.807, 2.05) is 6.20 Å². The average Bonchev–Trinajstić information content (AvgIpc) is 2.98. The summed E-state index contributed by atoms with van der Waals surface area (Å²) in [6.45, 7) is 6.72. The van der Waals surface area contributed by atoms with Crippen molar-refractivity contribution in [3.05, 3.63) is 47.1 Å². The van der Waals surface area contributed by atoms with Gasteiger partial charge in [-0.2, -0.15) is 15.3 Å². The standard InChI is InChI=1S/C16H19N5/c1-9-12-5-7-17-19-15(12)10(2)14-11(3)21-13(6-8-18-21)20(4)16(9)14/h5-11H,1-4H3. The fourth-order valence-corrected chi connectivity index (χ4v) is 4.01. The molecule has 1 aliphatic carbocycles. The predicted molar refractivity (Wildman–Crippen MR) is 81.2 cm³/mol. The lowest BCUT2D eigenvalue weighted by atomic mass is 9.76. The van der Waals surface area contributed by atoms with E-state index < -0.39 is 0 Å². The van der Waals surface area contributed by atoms with Crippen molar-refractivity contribution in [2.24, 2.45) is 0 Å². The Morgan fingerprint density at radius 2 is 1.86 bits per heavy atom. The summed E-state index contributed by atoms with van der Waals surface area (Å²) < 4.78 is 2.10. The Morgan fingerprint density at radius 3 is 2.67 bits per heavy atom. The highest BCUT2D eigenvalue weighted by atomic mass is 15.4. The van der Waals surface area contributed by atoms with Crippen LogP contribution in [0.15, 0.2) is 35.8 Å². The maximum absolute atomic E-state index is 4.50. The molecular formula is C16H19N5. The van der Waals surface area contributed by atoms with Gasteiger partial charge in [0.1, 0.15) is 5.82 Å². The van der Waals surface area contributed by atoms with Gasteiger partial charge in [0.25, 0.3) is 0 Å². The second-order valence-corrected chi connectivity index (χ2v) is 6.02. The minimum absolute atomic E-state index is 0.258. The van der Waals surface area contributed by atoms with E-state index in [0.29, 0.717) is 5.92 Å². The van der Waals surface area contributed by atoms with Crippen LogP contribution in [0.2, 0.25) is 0 Å². The van der Waals surface area contributed by atoms with Crippen molar-refractivity contribution >= 4 is 5.82 Å². The lowest BCUT2D eigenvalue weighted by molar-refractivity contribution is 0.478. The molecule has 0 fully saturated rings. The summed E-state index contributed by atoms with van der Waals surface area (Å²) >= 11 is 0. The molecule has 4 rings (SSSR count). The molecule has 2 aliphatic rings. The Kier molecular flexibility index (Phi) is 2.49. The third-order valence-electron chi connectivity index (χ3n) is 5.00. The van der Waals surface area contributed by atoms with Gasteiger partial charge in [-0.25, -0.2) is 4.68 Å². The van der Waals surface area contributed by atoms with Crippen LogP contribution in [0.4, 0.5) is 5.82 Å². The molecule has 21 heavy (non-hydrogen) atoms. The van der Waals surface area contributed by atoms with Gasteiger partial charge >= 0.3 is 0 Å². The lowest BCUT2D eigenvalue weighted by Gasteiger charge is -2.43. The maximum atomic E-state index is 4.50. The first-order valence-corrected chi connectivity index (χ1v) is 7.44.